The van der Waals surface area contributed by atoms with E-state index >= 15 is 0 Å². The standard InChI is InChI=1S/C17H20N4O2/c22-12-17(10-4-5-11-17)19-16(23)18-15-9-8-14(20-21-15)13-6-2-1-3-7-13/h1-3,6-9,22H,4-5,10-12H2,(H2,18,19,21,23). The summed E-state index contributed by atoms with van der Waals surface area (Å²) < 4.78 is 0. The monoisotopic (exact) mass is 312 g/mol. The van der Waals surface area contributed by atoms with Crippen LogP contribution >= 0.6 is 0 Å². The van der Waals surface area contributed by atoms with Crippen LogP contribution in [0, 0.1) is 0 Å². The molecule has 0 unspecified atom stereocenters. The Labute approximate surface area is 135 Å². The predicted octanol–water partition coefficient (Wildman–Crippen LogP) is 2.57. The molecular weight excluding hydrogens is 292 g/mol. The van der Waals surface area contributed by atoms with Gasteiger partial charge in [0.15, 0.2) is 5.82 Å². The van der Waals surface area contributed by atoms with Gasteiger partial charge in [-0.2, -0.15) is 0 Å². The van der Waals surface area contributed by atoms with Gasteiger partial charge < -0.3 is 10.4 Å². The van der Waals surface area contributed by atoms with Gasteiger partial charge in [0.05, 0.1) is 17.8 Å². The molecule has 6 heteroatoms. The maximum atomic E-state index is 12.1. The van der Waals surface area contributed by atoms with Crippen molar-refractivity contribution < 1.29 is 9.90 Å². The maximum absolute atomic E-state index is 12.1. The van der Waals surface area contributed by atoms with Gasteiger partial charge in [-0.25, -0.2) is 4.79 Å². The highest BCUT2D eigenvalue weighted by atomic mass is 16.3. The summed E-state index contributed by atoms with van der Waals surface area (Å²) >= 11 is 0. The molecule has 0 saturated heterocycles. The summed E-state index contributed by atoms with van der Waals surface area (Å²) in [6, 6.07) is 12.9. The average Bonchev–Trinajstić information content (AvgIpc) is 3.05. The molecule has 0 radical (unpaired) electrons. The van der Waals surface area contributed by atoms with Gasteiger partial charge in [-0.1, -0.05) is 43.2 Å². The van der Waals surface area contributed by atoms with E-state index in [-0.39, 0.29) is 12.6 Å². The van der Waals surface area contributed by atoms with E-state index in [0.717, 1.165) is 36.9 Å². The average molecular weight is 312 g/mol. The van der Waals surface area contributed by atoms with E-state index < -0.39 is 5.54 Å². The molecule has 0 aliphatic heterocycles. The second-order valence-corrected chi connectivity index (χ2v) is 5.89. The number of carbonyl (C=O) groups is 1. The molecule has 1 saturated carbocycles. The molecule has 1 aromatic heterocycles. The second-order valence-electron chi connectivity index (χ2n) is 5.89. The largest absolute Gasteiger partial charge is 0.394 e. The number of benzene rings is 1. The number of aliphatic hydroxyl groups is 1. The summed E-state index contributed by atoms with van der Waals surface area (Å²) in [5.74, 6) is 0.383. The van der Waals surface area contributed by atoms with Crippen molar-refractivity contribution in [1.29, 1.82) is 0 Å². The van der Waals surface area contributed by atoms with Crippen molar-refractivity contribution in [1.82, 2.24) is 15.5 Å². The van der Waals surface area contributed by atoms with Crippen LogP contribution in [0.4, 0.5) is 10.6 Å². The number of hydrogen-bond donors (Lipinski definition) is 3. The Morgan fingerprint density at radius 1 is 1.09 bits per heavy atom. The van der Waals surface area contributed by atoms with E-state index in [1.807, 2.05) is 36.4 Å². The van der Waals surface area contributed by atoms with Gasteiger partial charge in [0.2, 0.25) is 0 Å². The molecule has 1 aromatic carbocycles. The SMILES string of the molecule is O=C(Nc1ccc(-c2ccccc2)nn1)NC1(CO)CCCC1. The van der Waals surface area contributed by atoms with E-state index in [2.05, 4.69) is 20.8 Å². The van der Waals surface area contributed by atoms with Crippen LogP contribution in [0.3, 0.4) is 0 Å². The second kappa shape index (κ2) is 6.75. The molecular formula is C17H20N4O2. The summed E-state index contributed by atoms with van der Waals surface area (Å²) in [6.45, 7) is -0.0426. The normalized spacial score (nSPS) is 16.0. The van der Waals surface area contributed by atoms with Gasteiger partial charge >= 0.3 is 6.03 Å². The first kappa shape index (κ1) is 15.4. The zero-order valence-electron chi connectivity index (χ0n) is 12.8. The lowest BCUT2D eigenvalue weighted by Gasteiger charge is -2.27. The first-order chi connectivity index (χ1) is 11.2. The zero-order valence-corrected chi connectivity index (χ0v) is 12.8. The van der Waals surface area contributed by atoms with Crippen LogP contribution in [0.2, 0.25) is 0 Å². The van der Waals surface area contributed by atoms with Crippen LogP contribution < -0.4 is 10.6 Å². The fourth-order valence-electron chi connectivity index (χ4n) is 2.92. The Kier molecular flexibility index (Phi) is 4.52. The highest BCUT2D eigenvalue weighted by molar-refractivity contribution is 5.88. The Hall–Kier alpha value is -2.47. The van der Waals surface area contributed by atoms with Crippen molar-refractivity contribution in [2.75, 3.05) is 11.9 Å². The van der Waals surface area contributed by atoms with Crippen LogP contribution in [0.1, 0.15) is 25.7 Å². The van der Waals surface area contributed by atoms with Gasteiger partial charge in [-0.15, -0.1) is 10.2 Å². The lowest BCUT2D eigenvalue weighted by Crippen LogP contribution is -2.50. The lowest BCUT2D eigenvalue weighted by atomic mass is 9.99. The number of nitrogens with one attached hydrogen (secondary N) is 2. The van der Waals surface area contributed by atoms with Gasteiger partial charge in [0.1, 0.15) is 0 Å². The molecule has 1 aliphatic carbocycles. The van der Waals surface area contributed by atoms with E-state index in [9.17, 15) is 9.90 Å². The van der Waals surface area contributed by atoms with E-state index in [1.165, 1.54) is 0 Å². The Morgan fingerprint density at radius 2 is 1.83 bits per heavy atom. The topological polar surface area (TPSA) is 87.1 Å². The number of aromatic nitrogens is 2. The fourth-order valence-corrected chi connectivity index (χ4v) is 2.92. The summed E-state index contributed by atoms with van der Waals surface area (Å²) in [7, 11) is 0. The summed E-state index contributed by atoms with van der Waals surface area (Å²) in [6.07, 6.45) is 3.64. The highest BCUT2D eigenvalue weighted by Crippen LogP contribution is 2.29. The van der Waals surface area contributed by atoms with Crippen molar-refractivity contribution in [3.05, 3.63) is 42.5 Å². The molecule has 6 nitrogen and oxygen atoms in total. The smallest absolute Gasteiger partial charge is 0.320 e. The van der Waals surface area contributed by atoms with Crippen molar-refractivity contribution in [3.8, 4) is 11.3 Å². The molecule has 2 amide bonds. The van der Waals surface area contributed by atoms with Crippen LogP contribution in [0.5, 0.6) is 0 Å². The van der Waals surface area contributed by atoms with Gasteiger partial charge in [0.25, 0.3) is 0 Å². The molecule has 3 rings (SSSR count). The molecule has 0 spiro atoms. The number of nitrogens with zero attached hydrogens (tertiary/aromatic N) is 2. The molecule has 120 valence electrons. The number of anilines is 1. The van der Waals surface area contributed by atoms with Crippen molar-refractivity contribution in [2.45, 2.75) is 31.2 Å². The van der Waals surface area contributed by atoms with E-state index in [0.29, 0.717) is 5.82 Å². The number of rotatable bonds is 4. The third-order valence-electron chi connectivity index (χ3n) is 4.22. The number of amides is 2. The number of carbonyl (C=O) groups excluding carboxylic acids is 1. The minimum atomic E-state index is -0.499. The van der Waals surface area contributed by atoms with Gasteiger partial charge in [-0.05, 0) is 25.0 Å². The Morgan fingerprint density at radius 3 is 2.43 bits per heavy atom. The van der Waals surface area contributed by atoms with Crippen LogP contribution in [0.15, 0.2) is 42.5 Å². The molecule has 0 bridgehead atoms. The van der Waals surface area contributed by atoms with Crippen LogP contribution in [-0.2, 0) is 0 Å². The number of aliphatic hydroxyl groups excluding tert-OH is 1. The summed E-state index contributed by atoms with van der Waals surface area (Å²) in [4.78, 5) is 12.1. The molecule has 2 aromatic rings. The van der Waals surface area contributed by atoms with Crippen LogP contribution in [-0.4, -0.2) is 33.5 Å². The molecule has 1 heterocycles. The first-order valence-corrected chi connectivity index (χ1v) is 7.80. The fraction of sp³-hybridized carbons (Fsp3) is 0.353. The minimum absolute atomic E-state index is 0.0426. The van der Waals surface area contributed by atoms with Crippen molar-refractivity contribution >= 4 is 11.8 Å². The molecule has 0 atom stereocenters. The predicted molar refractivity (Wildman–Crippen MR) is 87.9 cm³/mol. The third kappa shape index (κ3) is 3.65. The van der Waals surface area contributed by atoms with Gasteiger partial charge in [0, 0.05) is 5.56 Å². The van der Waals surface area contributed by atoms with Crippen LogP contribution in [0.25, 0.3) is 11.3 Å². The third-order valence-corrected chi connectivity index (χ3v) is 4.22. The quantitative estimate of drug-likeness (QED) is 0.810. The Balaban J connectivity index is 1.63. The summed E-state index contributed by atoms with van der Waals surface area (Å²) in [5.41, 5.74) is 1.22. The van der Waals surface area contributed by atoms with E-state index in [1.54, 1.807) is 6.07 Å². The van der Waals surface area contributed by atoms with Crippen molar-refractivity contribution in [3.63, 3.8) is 0 Å². The molecule has 3 N–H and O–H groups in total. The zero-order chi connectivity index (χ0) is 16.1. The molecule has 1 aliphatic rings. The Bertz CT molecular complexity index is 652. The molecule has 23 heavy (non-hydrogen) atoms. The highest BCUT2D eigenvalue weighted by Gasteiger charge is 2.34. The molecule has 1 fully saturated rings. The number of hydrogen-bond acceptors (Lipinski definition) is 4. The summed E-state index contributed by atoms with van der Waals surface area (Å²) in [5, 5.41) is 23.2. The first-order valence-electron chi connectivity index (χ1n) is 7.80. The number of urea groups is 1. The van der Waals surface area contributed by atoms with Gasteiger partial charge in [-0.3, -0.25) is 5.32 Å². The lowest BCUT2D eigenvalue weighted by molar-refractivity contribution is 0.167. The van der Waals surface area contributed by atoms with E-state index in [4.69, 9.17) is 0 Å². The maximum Gasteiger partial charge on any atom is 0.320 e. The van der Waals surface area contributed by atoms with Crippen molar-refractivity contribution in [2.24, 2.45) is 0 Å². The minimum Gasteiger partial charge on any atom is -0.394 e.